The molecule has 1 aromatic heterocycles. The smallest absolute Gasteiger partial charge is 0.159 e. The number of nitrogens with one attached hydrogen (secondary N) is 1. The van der Waals surface area contributed by atoms with Crippen molar-refractivity contribution in [2.45, 2.75) is 32.6 Å². The maximum atomic E-state index is 9.40. The summed E-state index contributed by atoms with van der Waals surface area (Å²) in [6.45, 7) is 7.56. The summed E-state index contributed by atoms with van der Waals surface area (Å²) in [5, 5.41) is 12.6. The molecule has 3 heterocycles. The monoisotopic (exact) mass is 429 g/mol. The molecule has 0 amide bonds. The second-order valence-electron chi connectivity index (χ2n) is 9.17. The average Bonchev–Trinajstić information content (AvgIpc) is 2.84. The zero-order chi connectivity index (χ0) is 22.6. The number of ether oxygens (including phenoxy) is 1. The first-order valence-electron chi connectivity index (χ1n) is 11.2. The van der Waals surface area contributed by atoms with Crippen molar-refractivity contribution < 1.29 is 4.74 Å². The van der Waals surface area contributed by atoms with E-state index in [9.17, 15) is 5.26 Å². The van der Waals surface area contributed by atoms with E-state index in [4.69, 9.17) is 14.7 Å². The maximum absolute atomic E-state index is 9.40. The molecule has 0 saturated carbocycles. The van der Waals surface area contributed by atoms with Crippen molar-refractivity contribution in [1.29, 1.82) is 5.26 Å². The summed E-state index contributed by atoms with van der Waals surface area (Å²) in [5.74, 6) is 1.96. The predicted octanol–water partition coefficient (Wildman–Crippen LogP) is 4.38. The molecule has 0 atom stereocenters. The van der Waals surface area contributed by atoms with E-state index >= 15 is 0 Å². The largest absolute Gasteiger partial charge is 0.497 e. The average molecular weight is 430 g/mol. The number of methoxy groups -OCH3 is 1. The minimum absolute atomic E-state index is 0.325. The lowest BCUT2D eigenvalue weighted by Gasteiger charge is -2.35. The minimum atomic E-state index is -0.325. The van der Waals surface area contributed by atoms with Crippen molar-refractivity contribution in [2.24, 2.45) is 5.41 Å². The van der Waals surface area contributed by atoms with Gasteiger partial charge in [0.1, 0.15) is 5.75 Å². The van der Waals surface area contributed by atoms with Gasteiger partial charge < -0.3 is 15.0 Å². The summed E-state index contributed by atoms with van der Waals surface area (Å²) in [6.07, 6.45) is 10.1. The number of nitrogens with zero attached hydrogens (tertiary/aromatic N) is 4. The fourth-order valence-corrected chi connectivity index (χ4v) is 4.44. The van der Waals surface area contributed by atoms with Crippen LogP contribution in [0.3, 0.4) is 0 Å². The van der Waals surface area contributed by atoms with Crippen molar-refractivity contribution in [2.75, 3.05) is 33.3 Å². The molecule has 0 bridgehead atoms. The highest BCUT2D eigenvalue weighted by Crippen LogP contribution is 2.36. The Bertz CT molecular complexity index is 1060. The Balaban J connectivity index is 1.65. The zero-order valence-corrected chi connectivity index (χ0v) is 19.1. The number of benzene rings is 1. The first-order valence-corrected chi connectivity index (χ1v) is 11.2. The van der Waals surface area contributed by atoms with Gasteiger partial charge in [0.25, 0.3) is 0 Å². The van der Waals surface area contributed by atoms with Gasteiger partial charge in [0.2, 0.25) is 0 Å². The van der Waals surface area contributed by atoms with Crippen molar-refractivity contribution in [3.63, 3.8) is 0 Å². The lowest BCUT2D eigenvalue weighted by molar-refractivity contribution is 0.169. The molecule has 166 valence electrons. The first-order chi connectivity index (χ1) is 15.5. The van der Waals surface area contributed by atoms with E-state index < -0.39 is 0 Å². The number of nitriles is 1. The maximum Gasteiger partial charge on any atom is 0.159 e. The second-order valence-corrected chi connectivity index (χ2v) is 9.17. The summed E-state index contributed by atoms with van der Waals surface area (Å²) in [6, 6.07) is 10.5. The zero-order valence-electron chi connectivity index (χ0n) is 19.1. The number of likely N-dealkylation sites (tertiary alicyclic amines) is 1. The SMILES string of the molecule is COc1cccc(-c2cnc(C3=CCNC=C3)nc2C2CCN(CC(C)(C)C#N)CC2)c1. The minimum Gasteiger partial charge on any atom is -0.497 e. The van der Waals surface area contributed by atoms with Gasteiger partial charge in [-0.25, -0.2) is 9.97 Å². The molecular weight excluding hydrogens is 398 g/mol. The summed E-state index contributed by atoms with van der Waals surface area (Å²) >= 11 is 0. The summed E-state index contributed by atoms with van der Waals surface area (Å²) < 4.78 is 5.45. The standard InChI is InChI=1S/C26H31N5O/c1-26(2,17-27)18-31-13-9-19(10-14-31)24-23(21-5-4-6-22(15-21)32-3)16-29-25(30-24)20-7-11-28-12-8-20/h4-8,11,15-16,19,28H,9-10,12-14,18H2,1-3H3. The Labute approximate surface area is 190 Å². The molecule has 32 heavy (non-hydrogen) atoms. The molecule has 1 N–H and O–H groups in total. The van der Waals surface area contributed by atoms with Crippen molar-refractivity contribution in [1.82, 2.24) is 20.2 Å². The Kier molecular flexibility index (Phi) is 6.57. The molecule has 0 spiro atoms. The fraction of sp³-hybridized carbons (Fsp3) is 0.423. The van der Waals surface area contributed by atoms with Crippen LogP contribution in [0.25, 0.3) is 16.7 Å². The van der Waals surface area contributed by atoms with Gasteiger partial charge in [-0.3, -0.25) is 0 Å². The molecule has 1 aromatic carbocycles. The van der Waals surface area contributed by atoms with Gasteiger partial charge in [-0.15, -0.1) is 0 Å². The van der Waals surface area contributed by atoms with Gasteiger partial charge in [0.15, 0.2) is 5.82 Å². The van der Waals surface area contributed by atoms with E-state index in [1.165, 1.54) is 0 Å². The predicted molar refractivity (Wildman–Crippen MR) is 127 cm³/mol. The molecule has 0 unspecified atom stereocenters. The van der Waals surface area contributed by atoms with Gasteiger partial charge in [-0.05, 0) is 69.8 Å². The van der Waals surface area contributed by atoms with Crippen LogP contribution in [0, 0.1) is 16.7 Å². The molecule has 0 radical (unpaired) electrons. The lowest BCUT2D eigenvalue weighted by atomic mass is 9.87. The Morgan fingerprint density at radius 3 is 2.78 bits per heavy atom. The molecule has 6 nitrogen and oxygen atoms in total. The Morgan fingerprint density at radius 1 is 1.28 bits per heavy atom. The number of rotatable bonds is 6. The number of piperidine rings is 1. The van der Waals surface area contributed by atoms with Gasteiger partial charge in [0.05, 0.1) is 24.3 Å². The van der Waals surface area contributed by atoms with Gasteiger partial charge in [0, 0.05) is 36.3 Å². The third kappa shape index (κ3) is 5.00. The normalized spacial score (nSPS) is 17.4. The van der Waals surface area contributed by atoms with Crippen LogP contribution in [0.5, 0.6) is 5.75 Å². The van der Waals surface area contributed by atoms with Gasteiger partial charge in [-0.1, -0.05) is 18.2 Å². The molecule has 2 aliphatic rings. The number of allylic oxidation sites excluding steroid dienone is 2. The van der Waals surface area contributed by atoms with Crippen LogP contribution in [0.1, 0.15) is 44.1 Å². The molecular formula is C26H31N5O. The molecule has 0 aliphatic carbocycles. The molecule has 1 fully saturated rings. The number of aromatic nitrogens is 2. The van der Waals surface area contributed by atoms with Crippen LogP contribution in [-0.4, -0.2) is 48.2 Å². The Hall–Kier alpha value is -3.17. The molecule has 6 heteroatoms. The Morgan fingerprint density at radius 2 is 2.09 bits per heavy atom. The van der Waals surface area contributed by atoms with Crippen LogP contribution >= 0.6 is 0 Å². The van der Waals surface area contributed by atoms with E-state index in [1.54, 1.807) is 7.11 Å². The topological polar surface area (TPSA) is 74.1 Å². The fourth-order valence-electron chi connectivity index (χ4n) is 4.44. The van der Waals surface area contributed by atoms with E-state index in [-0.39, 0.29) is 5.41 Å². The third-order valence-electron chi connectivity index (χ3n) is 6.17. The highest BCUT2D eigenvalue weighted by Gasteiger charge is 2.28. The van der Waals surface area contributed by atoms with Crippen molar-refractivity contribution in [3.8, 4) is 22.9 Å². The quantitative estimate of drug-likeness (QED) is 0.734. The van der Waals surface area contributed by atoms with E-state index in [1.807, 2.05) is 44.5 Å². The van der Waals surface area contributed by atoms with E-state index in [0.29, 0.717) is 5.92 Å². The van der Waals surface area contributed by atoms with E-state index in [2.05, 4.69) is 34.5 Å². The first kappa shape index (κ1) is 22.0. The van der Waals surface area contributed by atoms with Crippen LogP contribution in [0.15, 0.2) is 48.8 Å². The number of dihydropyridines is 1. The molecule has 2 aliphatic heterocycles. The lowest BCUT2D eigenvalue weighted by Crippen LogP contribution is -2.39. The summed E-state index contributed by atoms with van der Waals surface area (Å²) in [5.41, 5.74) is 3.98. The van der Waals surface area contributed by atoms with Crippen LogP contribution in [0.4, 0.5) is 0 Å². The third-order valence-corrected chi connectivity index (χ3v) is 6.17. The molecule has 4 rings (SSSR count). The number of hydrogen-bond donors (Lipinski definition) is 1. The highest BCUT2D eigenvalue weighted by atomic mass is 16.5. The van der Waals surface area contributed by atoms with Crippen molar-refractivity contribution >= 4 is 5.57 Å². The number of hydrogen-bond acceptors (Lipinski definition) is 6. The molecule has 1 saturated heterocycles. The van der Waals surface area contributed by atoms with Crippen LogP contribution < -0.4 is 10.1 Å². The van der Waals surface area contributed by atoms with Gasteiger partial charge >= 0.3 is 0 Å². The van der Waals surface area contributed by atoms with Gasteiger partial charge in [-0.2, -0.15) is 5.26 Å². The summed E-state index contributed by atoms with van der Waals surface area (Å²) in [4.78, 5) is 12.2. The van der Waals surface area contributed by atoms with E-state index in [0.717, 1.165) is 73.0 Å². The molecule has 2 aromatic rings. The second kappa shape index (κ2) is 9.54. The summed E-state index contributed by atoms with van der Waals surface area (Å²) in [7, 11) is 1.69. The van der Waals surface area contributed by atoms with Crippen LogP contribution in [-0.2, 0) is 0 Å². The van der Waals surface area contributed by atoms with Crippen molar-refractivity contribution in [3.05, 3.63) is 60.3 Å². The van der Waals surface area contributed by atoms with Crippen LogP contribution in [0.2, 0.25) is 0 Å². The highest BCUT2D eigenvalue weighted by molar-refractivity contribution is 5.73.